The Bertz CT molecular complexity index is 239. The minimum Gasteiger partial charge on any atom is -0.396 e. The second-order valence-corrected chi connectivity index (χ2v) is 4.98. The molecule has 0 aromatic carbocycles. The molecule has 0 spiro atoms. The Hall–Kier alpha value is -0.610. The summed E-state index contributed by atoms with van der Waals surface area (Å²) in [6, 6.07) is 0.0335. The molecule has 0 bridgehead atoms. The van der Waals surface area contributed by atoms with E-state index in [0.717, 1.165) is 45.3 Å². The Morgan fingerprint density at radius 1 is 1.31 bits per heavy atom. The quantitative estimate of drug-likeness (QED) is 0.715. The molecular formula is C12H22N2O2. The van der Waals surface area contributed by atoms with Gasteiger partial charge in [0.1, 0.15) is 0 Å². The van der Waals surface area contributed by atoms with E-state index in [0.29, 0.717) is 5.92 Å². The summed E-state index contributed by atoms with van der Waals surface area (Å²) in [5.41, 5.74) is 0. The van der Waals surface area contributed by atoms with Crippen LogP contribution in [0.25, 0.3) is 0 Å². The van der Waals surface area contributed by atoms with Crippen LogP contribution in [-0.2, 0) is 4.79 Å². The van der Waals surface area contributed by atoms with Crippen LogP contribution in [0.15, 0.2) is 0 Å². The van der Waals surface area contributed by atoms with Gasteiger partial charge in [-0.25, -0.2) is 0 Å². The molecule has 4 nitrogen and oxygen atoms in total. The standard InChI is InChI=1S/C12H22N2O2/c15-9-10-4-3-7-14(8-10)12(16)11-5-1-2-6-13-11/h10-11,13,15H,1-9H2. The largest absolute Gasteiger partial charge is 0.396 e. The average molecular weight is 226 g/mol. The number of likely N-dealkylation sites (tertiary alicyclic amines) is 1. The summed E-state index contributed by atoms with van der Waals surface area (Å²) >= 11 is 0. The van der Waals surface area contributed by atoms with Crippen LogP contribution in [0, 0.1) is 5.92 Å². The van der Waals surface area contributed by atoms with Gasteiger partial charge in [-0.15, -0.1) is 0 Å². The number of piperidine rings is 2. The van der Waals surface area contributed by atoms with Gasteiger partial charge in [-0.2, -0.15) is 0 Å². The molecule has 2 rings (SSSR count). The maximum absolute atomic E-state index is 12.2. The first-order valence-electron chi connectivity index (χ1n) is 6.44. The fourth-order valence-corrected chi connectivity index (χ4v) is 2.70. The minimum atomic E-state index is 0.0335. The highest BCUT2D eigenvalue weighted by Gasteiger charge is 2.29. The number of hydrogen-bond donors (Lipinski definition) is 2. The number of nitrogens with one attached hydrogen (secondary N) is 1. The van der Waals surface area contributed by atoms with Gasteiger partial charge in [0.05, 0.1) is 6.04 Å². The van der Waals surface area contributed by atoms with E-state index in [1.807, 2.05) is 4.90 Å². The average Bonchev–Trinajstić information content (AvgIpc) is 2.39. The number of aliphatic hydroxyl groups is 1. The van der Waals surface area contributed by atoms with E-state index in [9.17, 15) is 4.79 Å². The Morgan fingerprint density at radius 3 is 2.88 bits per heavy atom. The number of aliphatic hydroxyl groups excluding tert-OH is 1. The Morgan fingerprint density at radius 2 is 2.19 bits per heavy atom. The highest BCUT2D eigenvalue weighted by Crippen LogP contribution is 2.18. The van der Waals surface area contributed by atoms with Crippen LogP contribution in [0.1, 0.15) is 32.1 Å². The van der Waals surface area contributed by atoms with E-state index in [1.54, 1.807) is 0 Å². The molecule has 0 saturated carbocycles. The number of hydrogen-bond acceptors (Lipinski definition) is 3. The van der Waals surface area contributed by atoms with Gasteiger partial charge >= 0.3 is 0 Å². The third-order valence-corrected chi connectivity index (χ3v) is 3.70. The van der Waals surface area contributed by atoms with E-state index in [4.69, 9.17) is 5.11 Å². The van der Waals surface area contributed by atoms with E-state index in [-0.39, 0.29) is 18.6 Å². The summed E-state index contributed by atoms with van der Waals surface area (Å²) in [4.78, 5) is 14.1. The summed E-state index contributed by atoms with van der Waals surface area (Å²) < 4.78 is 0. The molecular weight excluding hydrogens is 204 g/mol. The van der Waals surface area contributed by atoms with Crippen LogP contribution in [-0.4, -0.2) is 48.2 Å². The van der Waals surface area contributed by atoms with Gasteiger partial charge in [-0.3, -0.25) is 4.79 Å². The molecule has 4 heteroatoms. The normalized spacial score (nSPS) is 31.4. The van der Waals surface area contributed by atoms with Gasteiger partial charge in [0.2, 0.25) is 5.91 Å². The molecule has 1 amide bonds. The maximum Gasteiger partial charge on any atom is 0.239 e. The third-order valence-electron chi connectivity index (χ3n) is 3.70. The fourth-order valence-electron chi connectivity index (χ4n) is 2.70. The molecule has 0 aliphatic carbocycles. The first-order valence-corrected chi connectivity index (χ1v) is 6.44. The fraction of sp³-hybridized carbons (Fsp3) is 0.917. The Kier molecular flexibility index (Phi) is 4.18. The predicted molar refractivity (Wildman–Crippen MR) is 62.0 cm³/mol. The van der Waals surface area contributed by atoms with Crippen molar-refractivity contribution in [2.24, 2.45) is 5.92 Å². The molecule has 2 aliphatic heterocycles. The van der Waals surface area contributed by atoms with Crippen molar-refractivity contribution in [1.82, 2.24) is 10.2 Å². The van der Waals surface area contributed by atoms with Crippen molar-refractivity contribution >= 4 is 5.91 Å². The van der Waals surface area contributed by atoms with Crippen LogP contribution < -0.4 is 5.32 Å². The zero-order chi connectivity index (χ0) is 11.4. The van der Waals surface area contributed by atoms with Gasteiger partial charge in [-0.05, 0) is 38.1 Å². The lowest BCUT2D eigenvalue weighted by molar-refractivity contribution is -0.136. The summed E-state index contributed by atoms with van der Waals surface area (Å²) in [7, 11) is 0. The van der Waals surface area contributed by atoms with E-state index >= 15 is 0 Å². The van der Waals surface area contributed by atoms with Crippen LogP contribution in [0.3, 0.4) is 0 Å². The van der Waals surface area contributed by atoms with Gasteiger partial charge in [-0.1, -0.05) is 6.42 Å². The molecule has 16 heavy (non-hydrogen) atoms. The number of amides is 1. The van der Waals surface area contributed by atoms with Crippen LogP contribution in [0.2, 0.25) is 0 Å². The van der Waals surface area contributed by atoms with E-state index in [1.165, 1.54) is 6.42 Å². The molecule has 92 valence electrons. The molecule has 2 saturated heterocycles. The lowest BCUT2D eigenvalue weighted by Crippen LogP contribution is -2.51. The van der Waals surface area contributed by atoms with Crippen molar-refractivity contribution in [1.29, 1.82) is 0 Å². The predicted octanol–water partition coefficient (Wildman–Crippen LogP) is 0.359. The van der Waals surface area contributed by atoms with Gasteiger partial charge in [0.15, 0.2) is 0 Å². The minimum absolute atomic E-state index is 0.0335. The zero-order valence-corrected chi connectivity index (χ0v) is 9.82. The van der Waals surface area contributed by atoms with Crippen molar-refractivity contribution in [3.8, 4) is 0 Å². The lowest BCUT2D eigenvalue weighted by Gasteiger charge is -2.35. The summed E-state index contributed by atoms with van der Waals surface area (Å²) in [5.74, 6) is 0.541. The summed E-state index contributed by atoms with van der Waals surface area (Å²) in [6.45, 7) is 2.79. The van der Waals surface area contributed by atoms with Crippen molar-refractivity contribution in [3.05, 3.63) is 0 Å². The first-order chi connectivity index (χ1) is 7.81. The summed E-state index contributed by atoms with van der Waals surface area (Å²) in [6.07, 6.45) is 5.39. The van der Waals surface area contributed by atoms with Gasteiger partial charge < -0.3 is 15.3 Å². The third kappa shape index (κ3) is 2.74. The van der Waals surface area contributed by atoms with Gasteiger partial charge in [0, 0.05) is 19.7 Å². The maximum atomic E-state index is 12.2. The second-order valence-electron chi connectivity index (χ2n) is 4.98. The van der Waals surface area contributed by atoms with Crippen molar-refractivity contribution in [2.75, 3.05) is 26.2 Å². The molecule has 0 radical (unpaired) electrons. The smallest absolute Gasteiger partial charge is 0.239 e. The summed E-state index contributed by atoms with van der Waals surface area (Å²) in [5, 5.41) is 12.4. The monoisotopic (exact) mass is 226 g/mol. The number of carbonyl (C=O) groups excluding carboxylic acids is 1. The lowest BCUT2D eigenvalue weighted by atomic mass is 9.97. The number of nitrogens with zero attached hydrogens (tertiary/aromatic N) is 1. The Labute approximate surface area is 97.0 Å². The zero-order valence-electron chi connectivity index (χ0n) is 9.82. The molecule has 2 unspecified atom stereocenters. The van der Waals surface area contributed by atoms with Crippen LogP contribution in [0.5, 0.6) is 0 Å². The van der Waals surface area contributed by atoms with E-state index in [2.05, 4.69) is 5.32 Å². The van der Waals surface area contributed by atoms with Crippen molar-refractivity contribution < 1.29 is 9.90 Å². The molecule has 0 aromatic rings. The number of rotatable bonds is 2. The molecule has 2 fully saturated rings. The van der Waals surface area contributed by atoms with Crippen molar-refractivity contribution in [3.63, 3.8) is 0 Å². The van der Waals surface area contributed by atoms with Crippen LogP contribution in [0.4, 0.5) is 0 Å². The second kappa shape index (κ2) is 5.64. The van der Waals surface area contributed by atoms with E-state index < -0.39 is 0 Å². The molecule has 2 atom stereocenters. The highest BCUT2D eigenvalue weighted by atomic mass is 16.3. The SMILES string of the molecule is O=C(C1CCCCN1)N1CCCC(CO)C1. The molecule has 0 aromatic heterocycles. The Balaban J connectivity index is 1.87. The first kappa shape index (κ1) is 11.9. The molecule has 2 heterocycles. The highest BCUT2D eigenvalue weighted by molar-refractivity contribution is 5.82. The van der Waals surface area contributed by atoms with Crippen molar-refractivity contribution in [2.45, 2.75) is 38.1 Å². The number of carbonyl (C=O) groups is 1. The van der Waals surface area contributed by atoms with Gasteiger partial charge in [0.25, 0.3) is 0 Å². The molecule has 2 N–H and O–H groups in total. The molecule has 2 aliphatic rings. The topological polar surface area (TPSA) is 52.6 Å². The van der Waals surface area contributed by atoms with Crippen LogP contribution >= 0.6 is 0 Å².